The first-order valence-corrected chi connectivity index (χ1v) is 20.5. The third-order valence-electron chi connectivity index (χ3n) is 11.1. The highest BCUT2D eigenvalue weighted by Crippen LogP contribution is 2.41. The molecular weight excluding hydrogens is 681 g/mol. The van der Waals surface area contributed by atoms with Crippen LogP contribution in [0.4, 0.5) is 0 Å². The molecule has 4 atom stereocenters. The van der Waals surface area contributed by atoms with Gasteiger partial charge >= 0.3 is 0 Å². The molecule has 0 unspecified atom stereocenters. The van der Waals surface area contributed by atoms with Crippen LogP contribution < -0.4 is 0 Å². The molecule has 6 aromatic rings. The van der Waals surface area contributed by atoms with Gasteiger partial charge in [0.15, 0.2) is 22.6 Å². The van der Waals surface area contributed by atoms with Crippen LogP contribution in [0, 0.1) is 11.8 Å². The summed E-state index contributed by atoms with van der Waals surface area (Å²) >= 11 is 0. The molecule has 2 saturated carbocycles. The van der Waals surface area contributed by atoms with Crippen LogP contribution in [-0.4, -0.2) is 111 Å². The predicted molar refractivity (Wildman–Crippen MR) is 185 cm³/mol. The lowest BCUT2D eigenvalue weighted by Crippen LogP contribution is -2.32. The van der Waals surface area contributed by atoms with Crippen LogP contribution >= 0.6 is 0 Å². The standard InChI is InChI=1S/2C16H20N6O2S/c2*1-2-10-8-21(25(23,24)11-3-4-11)9-12(10)16-20-19-14-7-18-15-13(22(14)16)5-6-17-15/h2*5-7,10-12,17H,2-4,8-9H2,1H3/t2*10-,12+/m10/s1. The van der Waals surface area contributed by atoms with E-state index in [4.69, 9.17) is 0 Å². The van der Waals surface area contributed by atoms with Crippen molar-refractivity contribution in [2.24, 2.45) is 11.8 Å². The number of fused-ring (bicyclic) bond motifs is 6. The molecule has 8 heterocycles. The first-order valence-electron chi connectivity index (χ1n) is 17.5. The quantitative estimate of drug-likeness (QED) is 0.236. The summed E-state index contributed by atoms with van der Waals surface area (Å²) in [4.78, 5) is 14.9. The second-order valence-electron chi connectivity index (χ2n) is 14.1. The predicted octanol–water partition coefficient (Wildman–Crippen LogP) is 3.05. The number of sulfonamides is 2. The fourth-order valence-electron chi connectivity index (χ4n) is 7.92. The summed E-state index contributed by atoms with van der Waals surface area (Å²) in [5, 5.41) is 17.0. The molecule has 4 fully saturated rings. The van der Waals surface area contributed by atoms with Crippen LogP contribution in [-0.2, 0) is 20.0 Å². The van der Waals surface area contributed by atoms with Gasteiger partial charge in [0.25, 0.3) is 0 Å². The molecule has 0 aromatic carbocycles. The van der Waals surface area contributed by atoms with Gasteiger partial charge in [-0.2, -0.15) is 0 Å². The number of H-pyrrole nitrogens is 2. The van der Waals surface area contributed by atoms with Gasteiger partial charge in [0, 0.05) is 50.4 Å². The third-order valence-corrected chi connectivity index (χ3v) is 15.7. The van der Waals surface area contributed by atoms with Crippen LogP contribution in [0.5, 0.6) is 0 Å². The molecule has 2 N–H and O–H groups in total. The Morgan fingerprint density at radius 1 is 0.640 bits per heavy atom. The van der Waals surface area contributed by atoms with E-state index in [1.807, 2.05) is 33.3 Å². The number of aromatic amines is 2. The Morgan fingerprint density at radius 2 is 1.06 bits per heavy atom. The Hall–Kier alpha value is -4.00. The Kier molecular flexibility index (Phi) is 7.53. The number of aromatic nitrogens is 10. The van der Waals surface area contributed by atoms with Crippen LogP contribution in [0.2, 0.25) is 0 Å². The summed E-state index contributed by atoms with van der Waals surface area (Å²) in [6.07, 6.45) is 12.1. The largest absolute Gasteiger partial charge is 0.345 e. The molecule has 0 amide bonds. The van der Waals surface area contributed by atoms with E-state index in [2.05, 4.69) is 54.2 Å². The normalized spacial score (nSPS) is 25.3. The molecule has 264 valence electrons. The Bertz CT molecular complexity index is 2270. The highest BCUT2D eigenvalue weighted by atomic mass is 32.2. The van der Waals surface area contributed by atoms with E-state index in [-0.39, 0.29) is 34.2 Å². The summed E-state index contributed by atoms with van der Waals surface area (Å²) < 4.78 is 58.1. The molecular formula is C32H40N12O4S2. The van der Waals surface area contributed by atoms with Gasteiger partial charge in [0.2, 0.25) is 20.0 Å². The zero-order chi connectivity index (χ0) is 34.4. The van der Waals surface area contributed by atoms with Crippen molar-refractivity contribution in [3.8, 4) is 0 Å². The second kappa shape index (κ2) is 11.8. The number of hydrogen-bond donors (Lipinski definition) is 2. The van der Waals surface area contributed by atoms with Crippen molar-refractivity contribution >= 4 is 53.7 Å². The van der Waals surface area contributed by atoms with E-state index >= 15 is 0 Å². The SMILES string of the molecule is CC[C@@H]1CN(S(=O)(=O)C2CC2)C[C@@H]1c1nnc2cnc3[nH]ccc3n12.CC[C@H]1CN(S(=O)(=O)C2CC2)C[C@H]1c1nnc2cnc3[nH]ccc3n12. The first kappa shape index (κ1) is 31.9. The molecule has 18 heteroatoms. The van der Waals surface area contributed by atoms with Crippen molar-refractivity contribution in [1.82, 2.24) is 57.7 Å². The van der Waals surface area contributed by atoms with Gasteiger partial charge < -0.3 is 9.97 Å². The molecule has 2 aliphatic carbocycles. The summed E-state index contributed by atoms with van der Waals surface area (Å²) in [6, 6.07) is 3.91. The Labute approximate surface area is 288 Å². The molecule has 10 rings (SSSR count). The second-order valence-corrected chi connectivity index (χ2v) is 18.5. The summed E-state index contributed by atoms with van der Waals surface area (Å²) in [5.41, 5.74) is 4.80. The van der Waals surface area contributed by atoms with E-state index in [1.54, 1.807) is 21.0 Å². The zero-order valence-electron chi connectivity index (χ0n) is 27.9. The number of nitrogens with zero attached hydrogens (tertiary/aromatic N) is 10. The third kappa shape index (κ3) is 5.12. The number of hydrogen-bond acceptors (Lipinski definition) is 10. The van der Waals surface area contributed by atoms with Crippen LogP contribution in [0.25, 0.3) is 33.6 Å². The van der Waals surface area contributed by atoms with E-state index in [0.717, 1.165) is 72.5 Å². The van der Waals surface area contributed by atoms with Gasteiger partial charge in [-0.05, 0) is 49.7 Å². The molecule has 16 nitrogen and oxygen atoms in total. The maximum absolute atomic E-state index is 12.7. The molecule has 4 aliphatic rings. The fourth-order valence-corrected chi connectivity index (χ4v) is 11.8. The van der Waals surface area contributed by atoms with Crippen molar-refractivity contribution in [2.45, 2.75) is 74.7 Å². The smallest absolute Gasteiger partial charge is 0.217 e. The Morgan fingerprint density at radius 3 is 1.44 bits per heavy atom. The Balaban J connectivity index is 0.000000135. The summed E-state index contributed by atoms with van der Waals surface area (Å²) in [6.45, 7) is 6.37. The highest BCUT2D eigenvalue weighted by molar-refractivity contribution is 7.90. The van der Waals surface area contributed by atoms with Crippen molar-refractivity contribution in [3.05, 3.63) is 48.6 Å². The van der Waals surface area contributed by atoms with Crippen molar-refractivity contribution in [3.63, 3.8) is 0 Å². The molecule has 2 aliphatic heterocycles. The average Bonchev–Trinajstić information content (AvgIpc) is 3.70. The van der Waals surface area contributed by atoms with Crippen molar-refractivity contribution in [2.75, 3.05) is 26.2 Å². The maximum Gasteiger partial charge on any atom is 0.217 e. The number of nitrogens with one attached hydrogen (secondary N) is 2. The monoisotopic (exact) mass is 720 g/mol. The lowest BCUT2D eigenvalue weighted by atomic mass is 9.93. The van der Waals surface area contributed by atoms with E-state index in [9.17, 15) is 16.8 Å². The maximum atomic E-state index is 12.7. The fraction of sp³-hybridized carbons (Fsp3) is 0.562. The lowest BCUT2D eigenvalue weighted by Gasteiger charge is -2.15. The van der Waals surface area contributed by atoms with Crippen LogP contribution in [0.15, 0.2) is 36.9 Å². The molecule has 6 aromatic heterocycles. The first-order chi connectivity index (χ1) is 24.2. The highest BCUT2D eigenvalue weighted by Gasteiger charge is 2.48. The average molecular weight is 721 g/mol. The van der Waals surface area contributed by atoms with Gasteiger partial charge in [0.1, 0.15) is 11.6 Å². The van der Waals surface area contributed by atoms with Gasteiger partial charge in [-0.15, -0.1) is 20.4 Å². The zero-order valence-corrected chi connectivity index (χ0v) is 29.6. The van der Waals surface area contributed by atoms with Gasteiger partial charge in [0.05, 0.1) is 33.9 Å². The minimum absolute atomic E-state index is 0.0500. The van der Waals surface area contributed by atoms with Crippen molar-refractivity contribution in [1.29, 1.82) is 0 Å². The van der Waals surface area contributed by atoms with Gasteiger partial charge in [-0.3, -0.25) is 8.80 Å². The summed E-state index contributed by atoms with van der Waals surface area (Å²) in [5.74, 6) is 2.28. The molecule has 0 spiro atoms. The van der Waals surface area contributed by atoms with E-state index < -0.39 is 20.0 Å². The minimum atomic E-state index is -3.16. The number of rotatable bonds is 8. The van der Waals surface area contributed by atoms with Crippen molar-refractivity contribution < 1.29 is 16.8 Å². The molecule has 0 bridgehead atoms. The van der Waals surface area contributed by atoms with E-state index in [0.29, 0.717) is 37.5 Å². The molecule has 2 saturated heterocycles. The lowest BCUT2D eigenvalue weighted by molar-refractivity contribution is 0.448. The van der Waals surface area contributed by atoms with Crippen LogP contribution in [0.1, 0.15) is 75.9 Å². The van der Waals surface area contributed by atoms with Gasteiger partial charge in [-0.1, -0.05) is 26.7 Å². The van der Waals surface area contributed by atoms with Gasteiger partial charge in [-0.25, -0.2) is 35.4 Å². The topological polar surface area (TPSA) is 192 Å². The van der Waals surface area contributed by atoms with E-state index in [1.165, 1.54) is 0 Å². The summed E-state index contributed by atoms with van der Waals surface area (Å²) in [7, 11) is -6.32. The molecule has 0 radical (unpaired) electrons. The van der Waals surface area contributed by atoms with Crippen LogP contribution in [0.3, 0.4) is 0 Å². The molecule has 50 heavy (non-hydrogen) atoms. The minimum Gasteiger partial charge on any atom is -0.345 e.